The van der Waals surface area contributed by atoms with Crippen LogP contribution in [0.1, 0.15) is 39.3 Å². The summed E-state index contributed by atoms with van der Waals surface area (Å²) in [7, 11) is 3.10. The molecule has 3 amide bonds. The van der Waals surface area contributed by atoms with Crippen molar-refractivity contribution in [3.8, 4) is 11.1 Å². The van der Waals surface area contributed by atoms with Crippen LogP contribution < -0.4 is 5.32 Å². The molecule has 1 aromatic carbocycles. The maximum atomic E-state index is 13.2. The Labute approximate surface area is 182 Å². The zero-order chi connectivity index (χ0) is 22.6. The van der Waals surface area contributed by atoms with E-state index in [0.29, 0.717) is 22.2 Å². The lowest BCUT2D eigenvalue weighted by Gasteiger charge is -2.29. The molecule has 2 aliphatic heterocycles. The predicted octanol–water partition coefficient (Wildman–Crippen LogP) is 1.18. The van der Waals surface area contributed by atoms with Crippen LogP contribution in [0.15, 0.2) is 30.7 Å². The molecule has 5 rings (SSSR count). The van der Waals surface area contributed by atoms with Crippen LogP contribution in [-0.4, -0.2) is 56.3 Å². The third kappa shape index (κ3) is 2.87. The number of nitrogens with zero attached hydrogens (tertiary/aromatic N) is 4. The molecule has 0 saturated carbocycles. The van der Waals surface area contributed by atoms with Crippen LogP contribution in [0.3, 0.4) is 0 Å². The molecule has 1 saturated heterocycles. The van der Waals surface area contributed by atoms with Crippen molar-refractivity contribution in [2.24, 2.45) is 7.05 Å². The number of methoxy groups -OCH3 is 1. The fourth-order valence-electron chi connectivity index (χ4n) is 4.50. The first-order valence-electron chi connectivity index (χ1n) is 10.1. The molecule has 3 aromatic rings. The number of carbonyl (C=O) groups excluding carboxylic acids is 4. The third-order valence-corrected chi connectivity index (χ3v) is 6.00. The van der Waals surface area contributed by atoms with Gasteiger partial charge in [-0.15, -0.1) is 0 Å². The van der Waals surface area contributed by atoms with E-state index in [0.717, 1.165) is 11.1 Å². The summed E-state index contributed by atoms with van der Waals surface area (Å²) >= 11 is 0. The van der Waals surface area contributed by atoms with Crippen molar-refractivity contribution in [3.63, 3.8) is 0 Å². The summed E-state index contributed by atoms with van der Waals surface area (Å²) in [6.07, 6.45) is 3.61. The van der Waals surface area contributed by atoms with Crippen LogP contribution in [0.25, 0.3) is 22.2 Å². The minimum atomic E-state index is -0.707. The monoisotopic (exact) mass is 433 g/mol. The van der Waals surface area contributed by atoms with E-state index in [1.165, 1.54) is 18.3 Å². The lowest BCUT2D eigenvalue weighted by atomic mass is 9.96. The number of hydrogen-bond acceptors (Lipinski definition) is 7. The van der Waals surface area contributed by atoms with Gasteiger partial charge in [0.1, 0.15) is 18.0 Å². The van der Waals surface area contributed by atoms with Gasteiger partial charge in [-0.25, -0.2) is 14.8 Å². The van der Waals surface area contributed by atoms with E-state index in [1.807, 2.05) is 19.3 Å². The fourth-order valence-corrected chi connectivity index (χ4v) is 4.50. The smallest absolute Gasteiger partial charge is 0.357 e. The number of aryl methyl sites for hydroxylation is 1. The van der Waals surface area contributed by atoms with Crippen molar-refractivity contribution in [1.29, 1.82) is 0 Å². The second kappa shape index (κ2) is 7.26. The van der Waals surface area contributed by atoms with Gasteiger partial charge in [-0.1, -0.05) is 12.1 Å². The first-order chi connectivity index (χ1) is 15.4. The molecule has 1 fully saturated rings. The highest BCUT2D eigenvalue weighted by atomic mass is 16.5. The van der Waals surface area contributed by atoms with E-state index < -0.39 is 17.9 Å². The predicted molar refractivity (Wildman–Crippen MR) is 111 cm³/mol. The van der Waals surface area contributed by atoms with E-state index >= 15 is 0 Å². The van der Waals surface area contributed by atoms with Gasteiger partial charge in [-0.2, -0.15) is 0 Å². The molecule has 1 atom stereocenters. The highest BCUT2D eigenvalue weighted by Crippen LogP contribution is 2.38. The molecule has 0 bridgehead atoms. The molecule has 2 aromatic heterocycles. The van der Waals surface area contributed by atoms with Gasteiger partial charge < -0.3 is 14.2 Å². The van der Waals surface area contributed by atoms with Gasteiger partial charge in [0.05, 0.1) is 12.5 Å². The van der Waals surface area contributed by atoms with Gasteiger partial charge in [0.2, 0.25) is 11.8 Å². The largest absolute Gasteiger partial charge is 0.464 e. The van der Waals surface area contributed by atoms with Crippen LogP contribution in [0.5, 0.6) is 0 Å². The van der Waals surface area contributed by atoms with Crippen LogP contribution in [0.2, 0.25) is 0 Å². The molecular weight excluding hydrogens is 414 g/mol. The Bertz CT molecular complexity index is 1330. The molecular formula is C22H19N5O5. The number of rotatable bonds is 3. The number of aromatic nitrogens is 3. The van der Waals surface area contributed by atoms with Gasteiger partial charge in [0, 0.05) is 37.3 Å². The minimum absolute atomic E-state index is 0.136. The number of nitrogens with one attached hydrogen (secondary N) is 1. The molecule has 0 aliphatic carbocycles. The van der Waals surface area contributed by atoms with Gasteiger partial charge in [-0.05, 0) is 23.6 Å². The molecule has 1 N–H and O–H groups in total. The van der Waals surface area contributed by atoms with Gasteiger partial charge in [0.15, 0.2) is 5.69 Å². The molecule has 162 valence electrons. The highest BCUT2D eigenvalue weighted by Gasteiger charge is 2.40. The lowest BCUT2D eigenvalue weighted by molar-refractivity contribution is -0.136. The number of carbonyl (C=O) groups is 4. The molecule has 0 radical (unpaired) electrons. The molecule has 0 spiro atoms. The van der Waals surface area contributed by atoms with Gasteiger partial charge >= 0.3 is 5.97 Å². The van der Waals surface area contributed by atoms with Gasteiger partial charge in [-0.3, -0.25) is 19.7 Å². The molecule has 10 heteroatoms. The second-order valence-corrected chi connectivity index (χ2v) is 7.80. The first-order valence-corrected chi connectivity index (χ1v) is 10.1. The van der Waals surface area contributed by atoms with E-state index in [1.54, 1.807) is 16.7 Å². The van der Waals surface area contributed by atoms with E-state index in [2.05, 4.69) is 15.3 Å². The Balaban J connectivity index is 1.64. The fraction of sp³-hybridized carbons (Fsp3) is 0.273. The molecule has 2 aliphatic rings. The Morgan fingerprint density at radius 1 is 1.16 bits per heavy atom. The summed E-state index contributed by atoms with van der Waals surface area (Å²) in [6.45, 7) is 0.217. The topological polar surface area (TPSA) is 123 Å². The van der Waals surface area contributed by atoms with Gasteiger partial charge in [0.25, 0.3) is 5.91 Å². The standard InChI is InChI=1S/C22H19N5O5/c1-26-8-14(17-18(22(31)32-2)23-10-24-19(17)26)11-4-3-5-12-13(11)9-27(21(12)30)15-6-7-16(28)25-20(15)29/h3-5,8,10,15H,6-7,9H2,1-2H3,(H,25,28,29). The van der Waals surface area contributed by atoms with Crippen molar-refractivity contribution in [3.05, 3.63) is 47.5 Å². The average molecular weight is 433 g/mol. The summed E-state index contributed by atoms with van der Waals surface area (Å²) in [5.74, 6) is -1.64. The Hall–Kier alpha value is -4.08. The van der Waals surface area contributed by atoms with Crippen LogP contribution in [0, 0.1) is 0 Å². The van der Waals surface area contributed by atoms with Crippen LogP contribution >= 0.6 is 0 Å². The van der Waals surface area contributed by atoms with Crippen molar-refractivity contribution < 1.29 is 23.9 Å². The summed E-state index contributed by atoms with van der Waals surface area (Å²) in [5, 5.41) is 2.84. The number of fused-ring (bicyclic) bond motifs is 2. The molecule has 32 heavy (non-hydrogen) atoms. The van der Waals surface area contributed by atoms with E-state index in [-0.39, 0.29) is 36.9 Å². The average Bonchev–Trinajstić information content (AvgIpc) is 3.30. The summed E-state index contributed by atoms with van der Waals surface area (Å²) in [5.41, 5.74) is 3.36. The first kappa shape index (κ1) is 19.9. The van der Waals surface area contributed by atoms with E-state index in [9.17, 15) is 19.2 Å². The number of hydrogen-bond donors (Lipinski definition) is 1. The molecule has 4 heterocycles. The Morgan fingerprint density at radius 3 is 2.69 bits per heavy atom. The van der Waals surface area contributed by atoms with Crippen molar-refractivity contribution in [2.45, 2.75) is 25.4 Å². The number of imide groups is 1. The Morgan fingerprint density at radius 2 is 1.94 bits per heavy atom. The summed E-state index contributed by atoms with van der Waals surface area (Å²) < 4.78 is 6.68. The minimum Gasteiger partial charge on any atom is -0.464 e. The highest BCUT2D eigenvalue weighted by molar-refractivity contribution is 6.10. The third-order valence-electron chi connectivity index (χ3n) is 6.00. The summed E-state index contributed by atoms with van der Waals surface area (Å²) in [6, 6.07) is 4.64. The number of benzene rings is 1. The molecule has 1 unspecified atom stereocenters. The van der Waals surface area contributed by atoms with Crippen LogP contribution in [-0.2, 0) is 27.9 Å². The number of esters is 1. The normalized spacial score (nSPS) is 18.1. The maximum absolute atomic E-state index is 13.2. The lowest BCUT2D eigenvalue weighted by Crippen LogP contribution is -2.52. The number of ether oxygens (including phenoxy) is 1. The van der Waals surface area contributed by atoms with Crippen molar-refractivity contribution in [1.82, 2.24) is 24.8 Å². The number of amides is 3. The number of piperidine rings is 1. The zero-order valence-corrected chi connectivity index (χ0v) is 17.4. The zero-order valence-electron chi connectivity index (χ0n) is 17.4. The van der Waals surface area contributed by atoms with Crippen LogP contribution in [0.4, 0.5) is 0 Å². The SMILES string of the molecule is COC(=O)c1ncnc2c1c(-c1cccc3c1CN(C1CCC(=O)NC1=O)C3=O)cn2C. The quantitative estimate of drug-likeness (QED) is 0.486. The summed E-state index contributed by atoms with van der Waals surface area (Å²) in [4.78, 5) is 59.4. The second-order valence-electron chi connectivity index (χ2n) is 7.80. The molecule has 10 nitrogen and oxygen atoms in total. The maximum Gasteiger partial charge on any atom is 0.357 e. The van der Waals surface area contributed by atoms with Crippen molar-refractivity contribution in [2.75, 3.05) is 7.11 Å². The van der Waals surface area contributed by atoms with E-state index in [4.69, 9.17) is 4.74 Å². The van der Waals surface area contributed by atoms with Crippen molar-refractivity contribution >= 4 is 34.7 Å². The Kier molecular flexibility index (Phi) is 4.50.